The van der Waals surface area contributed by atoms with Crippen molar-refractivity contribution in [2.75, 3.05) is 36.0 Å². The molecular weight excluding hydrogens is 333 g/mol. The van der Waals surface area contributed by atoms with Crippen LogP contribution in [0.1, 0.15) is 0 Å². The molecule has 23 heavy (non-hydrogen) atoms. The van der Waals surface area contributed by atoms with E-state index in [0.717, 1.165) is 52.2 Å². The topological polar surface area (TPSA) is 19.4 Å². The fourth-order valence-corrected chi connectivity index (χ4v) is 4.08. The molecule has 0 saturated carbocycles. The van der Waals surface area contributed by atoms with Gasteiger partial charge in [0.15, 0.2) is 5.13 Å². The number of rotatable bonds is 2. The molecule has 2 aromatic carbocycles. The monoisotopic (exact) mass is 347 g/mol. The highest BCUT2D eigenvalue weighted by molar-refractivity contribution is 7.22. The SMILES string of the molecule is Fc1ccc2nc(N3CCN(c4cccc(Cl)c4)CC3)sc2c1. The highest BCUT2D eigenvalue weighted by atomic mass is 35.5. The third-order valence-electron chi connectivity index (χ3n) is 4.06. The summed E-state index contributed by atoms with van der Waals surface area (Å²) in [5, 5.41) is 1.73. The normalized spacial score (nSPS) is 15.4. The van der Waals surface area contributed by atoms with Gasteiger partial charge in [-0.3, -0.25) is 0 Å². The summed E-state index contributed by atoms with van der Waals surface area (Å²) in [5.41, 5.74) is 2.02. The van der Waals surface area contributed by atoms with Gasteiger partial charge in [0.1, 0.15) is 5.82 Å². The molecule has 3 aromatic rings. The lowest BCUT2D eigenvalue weighted by Crippen LogP contribution is -2.46. The van der Waals surface area contributed by atoms with Gasteiger partial charge in [-0.25, -0.2) is 9.37 Å². The molecule has 4 rings (SSSR count). The van der Waals surface area contributed by atoms with E-state index in [1.54, 1.807) is 23.5 Å². The van der Waals surface area contributed by atoms with Crippen molar-refractivity contribution in [1.29, 1.82) is 0 Å². The molecule has 3 nitrogen and oxygen atoms in total. The van der Waals surface area contributed by atoms with Crippen LogP contribution in [0.25, 0.3) is 10.2 Å². The molecular formula is C17H15ClFN3S. The molecule has 1 aliphatic heterocycles. The standard InChI is InChI=1S/C17H15ClFN3S/c18-12-2-1-3-14(10-12)21-6-8-22(9-7-21)17-20-15-5-4-13(19)11-16(15)23-17/h1-5,10-11H,6-9H2. The maximum absolute atomic E-state index is 13.3. The predicted molar refractivity (Wildman–Crippen MR) is 95.5 cm³/mol. The Labute approximate surface area is 142 Å². The van der Waals surface area contributed by atoms with Gasteiger partial charge in [0.25, 0.3) is 0 Å². The lowest BCUT2D eigenvalue weighted by Gasteiger charge is -2.36. The number of thiazole rings is 1. The summed E-state index contributed by atoms with van der Waals surface area (Å²) in [7, 11) is 0. The maximum Gasteiger partial charge on any atom is 0.186 e. The van der Waals surface area contributed by atoms with E-state index in [9.17, 15) is 4.39 Å². The first-order valence-electron chi connectivity index (χ1n) is 7.50. The van der Waals surface area contributed by atoms with E-state index in [0.29, 0.717) is 0 Å². The molecule has 0 amide bonds. The molecule has 0 atom stereocenters. The second kappa shape index (κ2) is 5.98. The second-order valence-electron chi connectivity index (χ2n) is 5.56. The molecule has 1 saturated heterocycles. The quantitative estimate of drug-likeness (QED) is 0.684. The highest BCUT2D eigenvalue weighted by Crippen LogP contribution is 2.30. The Morgan fingerprint density at radius 3 is 2.57 bits per heavy atom. The summed E-state index contributed by atoms with van der Waals surface area (Å²) < 4.78 is 14.2. The third kappa shape index (κ3) is 2.99. The number of aromatic nitrogens is 1. The smallest absolute Gasteiger partial charge is 0.186 e. The molecule has 2 heterocycles. The Morgan fingerprint density at radius 1 is 1.00 bits per heavy atom. The van der Waals surface area contributed by atoms with E-state index in [-0.39, 0.29) is 5.82 Å². The summed E-state index contributed by atoms with van der Waals surface area (Å²) in [5.74, 6) is -0.210. The van der Waals surface area contributed by atoms with E-state index in [4.69, 9.17) is 11.6 Å². The highest BCUT2D eigenvalue weighted by Gasteiger charge is 2.20. The van der Waals surface area contributed by atoms with E-state index in [2.05, 4.69) is 20.9 Å². The second-order valence-corrected chi connectivity index (χ2v) is 7.01. The van der Waals surface area contributed by atoms with Gasteiger partial charge in [0, 0.05) is 36.9 Å². The number of piperazine rings is 1. The van der Waals surface area contributed by atoms with Gasteiger partial charge in [-0.2, -0.15) is 0 Å². The fraction of sp³-hybridized carbons (Fsp3) is 0.235. The number of anilines is 2. The van der Waals surface area contributed by atoms with Crippen molar-refractivity contribution in [1.82, 2.24) is 4.98 Å². The Kier molecular flexibility index (Phi) is 3.83. The van der Waals surface area contributed by atoms with Crippen LogP contribution in [0.3, 0.4) is 0 Å². The van der Waals surface area contributed by atoms with Gasteiger partial charge in [-0.15, -0.1) is 0 Å². The summed E-state index contributed by atoms with van der Waals surface area (Å²) in [6.45, 7) is 3.64. The first kappa shape index (κ1) is 14.7. The van der Waals surface area contributed by atoms with E-state index < -0.39 is 0 Å². The predicted octanol–water partition coefficient (Wildman–Crippen LogP) is 4.42. The van der Waals surface area contributed by atoms with Crippen LogP contribution in [0.4, 0.5) is 15.2 Å². The van der Waals surface area contributed by atoms with Crippen LogP contribution >= 0.6 is 22.9 Å². The summed E-state index contributed by atoms with van der Waals surface area (Å²) in [4.78, 5) is 9.22. The number of halogens is 2. The molecule has 0 bridgehead atoms. The van der Waals surface area contributed by atoms with Crippen molar-refractivity contribution in [3.63, 3.8) is 0 Å². The first-order valence-corrected chi connectivity index (χ1v) is 8.70. The van der Waals surface area contributed by atoms with Crippen LogP contribution < -0.4 is 9.80 Å². The van der Waals surface area contributed by atoms with Gasteiger partial charge in [0.2, 0.25) is 0 Å². The van der Waals surface area contributed by atoms with Gasteiger partial charge < -0.3 is 9.80 Å². The number of nitrogens with zero attached hydrogens (tertiary/aromatic N) is 3. The van der Waals surface area contributed by atoms with Crippen molar-refractivity contribution in [2.45, 2.75) is 0 Å². The first-order chi connectivity index (χ1) is 11.2. The summed E-state index contributed by atoms with van der Waals surface area (Å²) in [6.07, 6.45) is 0. The number of hydrogen-bond acceptors (Lipinski definition) is 4. The van der Waals surface area contributed by atoms with E-state index >= 15 is 0 Å². The summed E-state index contributed by atoms with van der Waals surface area (Å²) in [6, 6.07) is 12.7. The van der Waals surface area contributed by atoms with Crippen molar-refractivity contribution in [3.05, 3.63) is 53.3 Å². The molecule has 0 radical (unpaired) electrons. The van der Waals surface area contributed by atoms with Gasteiger partial charge >= 0.3 is 0 Å². The van der Waals surface area contributed by atoms with Crippen LogP contribution in [0.2, 0.25) is 5.02 Å². The molecule has 0 unspecified atom stereocenters. The minimum atomic E-state index is -0.210. The van der Waals surface area contributed by atoms with E-state index in [1.807, 2.05) is 18.2 Å². The van der Waals surface area contributed by atoms with Crippen LogP contribution in [-0.4, -0.2) is 31.2 Å². The zero-order valence-electron chi connectivity index (χ0n) is 12.4. The lowest BCUT2D eigenvalue weighted by molar-refractivity contribution is 0.630. The molecule has 1 aromatic heterocycles. The summed E-state index contributed by atoms with van der Waals surface area (Å²) >= 11 is 7.62. The Balaban J connectivity index is 1.50. The average molecular weight is 348 g/mol. The van der Waals surface area contributed by atoms with Crippen LogP contribution in [0.5, 0.6) is 0 Å². The zero-order chi connectivity index (χ0) is 15.8. The Hall–Kier alpha value is -1.85. The van der Waals surface area contributed by atoms with Gasteiger partial charge in [-0.05, 0) is 36.4 Å². The largest absolute Gasteiger partial charge is 0.368 e. The fourth-order valence-electron chi connectivity index (χ4n) is 2.85. The van der Waals surface area contributed by atoms with Crippen LogP contribution in [-0.2, 0) is 0 Å². The molecule has 0 spiro atoms. The lowest BCUT2D eigenvalue weighted by atomic mass is 10.2. The Bertz CT molecular complexity index is 843. The van der Waals surface area contributed by atoms with Crippen LogP contribution in [0.15, 0.2) is 42.5 Å². The third-order valence-corrected chi connectivity index (χ3v) is 5.38. The Morgan fingerprint density at radius 2 is 1.78 bits per heavy atom. The van der Waals surface area contributed by atoms with Crippen molar-refractivity contribution in [2.24, 2.45) is 0 Å². The van der Waals surface area contributed by atoms with Crippen molar-refractivity contribution >= 4 is 44.0 Å². The molecule has 1 fully saturated rings. The van der Waals surface area contributed by atoms with E-state index in [1.165, 1.54) is 6.07 Å². The van der Waals surface area contributed by atoms with Crippen molar-refractivity contribution in [3.8, 4) is 0 Å². The van der Waals surface area contributed by atoms with Crippen molar-refractivity contribution < 1.29 is 4.39 Å². The number of benzene rings is 2. The minimum absolute atomic E-state index is 0.210. The number of fused-ring (bicyclic) bond motifs is 1. The maximum atomic E-state index is 13.3. The zero-order valence-corrected chi connectivity index (χ0v) is 13.9. The molecule has 0 N–H and O–H groups in total. The van der Waals surface area contributed by atoms with Crippen LogP contribution in [0, 0.1) is 5.82 Å². The van der Waals surface area contributed by atoms with Gasteiger partial charge in [0.05, 0.1) is 10.2 Å². The average Bonchev–Trinajstić information content (AvgIpc) is 2.98. The molecule has 0 aliphatic carbocycles. The van der Waals surface area contributed by atoms with Gasteiger partial charge in [-0.1, -0.05) is 29.0 Å². The molecule has 1 aliphatic rings. The molecule has 118 valence electrons. The minimum Gasteiger partial charge on any atom is -0.368 e. The molecule has 6 heteroatoms. The number of hydrogen-bond donors (Lipinski definition) is 0.